The molecule has 0 radical (unpaired) electrons. The van der Waals surface area contributed by atoms with Crippen LogP contribution >= 0.6 is 12.4 Å². The van der Waals surface area contributed by atoms with Gasteiger partial charge in [-0.1, -0.05) is 0 Å². The third-order valence-corrected chi connectivity index (χ3v) is 1.53. The van der Waals surface area contributed by atoms with Gasteiger partial charge in [-0.3, -0.25) is 9.78 Å². The van der Waals surface area contributed by atoms with Crippen LogP contribution in [0.2, 0.25) is 0 Å². The number of aromatic nitrogens is 1. The second-order valence-electron chi connectivity index (χ2n) is 2.26. The second-order valence-corrected chi connectivity index (χ2v) is 2.26. The van der Waals surface area contributed by atoms with Crippen molar-refractivity contribution >= 4 is 24.0 Å². The van der Waals surface area contributed by atoms with E-state index in [1.54, 1.807) is 18.5 Å². The summed E-state index contributed by atoms with van der Waals surface area (Å²) in [6, 6.07) is 1.81. The van der Waals surface area contributed by atoms with E-state index in [0.717, 1.165) is 11.3 Å². The summed E-state index contributed by atoms with van der Waals surface area (Å²) in [7, 11) is 0. The molecule has 0 saturated carbocycles. The third kappa shape index (κ3) is 1.33. The quantitative estimate of drug-likeness (QED) is 0.631. The Balaban J connectivity index is 0.000000605. The number of fused-ring (bicyclic) bond motifs is 1. The van der Waals surface area contributed by atoms with E-state index in [9.17, 15) is 4.79 Å². The molecule has 1 aliphatic rings. The van der Waals surface area contributed by atoms with Gasteiger partial charge in [0.1, 0.15) is 0 Å². The van der Waals surface area contributed by atoms with Crippen LogP contribution in [0.4, 0.5) is 5.69 Å². The fourth-order valence-electron chi connectivity index (χ4n) is 1.06. The number of hydrogen-bond acceptors (Lipinski definition) is 2. The third-order valence-electron chi connectivity index (χ3n) is 1.53. The average Bonchev–Trinajstić information content (AvgIpc) is 2.27. The summed E-state index contributed by atoms with van der Waals surface area (Å²) in [5.74, 6) is 0.0583. The number of amides is 1. The first kappa shape index (κ1) is 8.01. The first-order valence-corrected chi connectivity index (χ1v) is 3.09. The van der Waals surface area contributed by atoms with Gasteiger partial charge in [-0.05, 0) is 6.07 Å². The predicted octanol–water partition coefficient (Wildman–Crippen LogP) is 0.998. The van der Waals surface area contributed by atoms with Gasteiger partial charge in [-0.2, -0.15) is 0 Å². The number of halogens is 1. The van der Waals surface area contributed by atoms with Gasteiger partial charge in [0.15, 0.2) is 0 Å². The van der Waals surface area contributed by atoms with Gasteiger partial charge in [0, 0.05) is 23.6 Å². The molecule has 2 heterocycles. The van der Waals surface area contributed by atoms with E-state index in [1.165, 1.54) is 0 Å². The minimum atomic E-state index is 0. The Labute approximate surface area is 70.2 Å². The highest BCUT2D eigenvalue weighted by Gasteiger charge is 2.15. The molecule has 4 heteroatoms. The smallest absolute Gasteiger partial charge is 0.228 e. The molecule has 3 nitrogen and oxygen atoms in total. The van der Waals surface area contributed by atoms with Crippen LogP contribution in [0.1, 0.15) is 5.56 Å². The minimum Gasteiger partial charge on any atom is -0.325 e. The summed E-state index contributed by atoms with van der Waals surface area (Å²) in [5, 5.41) is 2.72. The summed E-state index contributed by atoms with van der Waals surface area (Å²) >= 11 is 0. The van der Waals surface area contributed by atoms with Crippen molar-refractivity contribution in [1.82, 2.24) is 4.98 Å². The SMILES string of the molecule is Cl.O=C1Cc2cnccc2N1. The van der Waals surface area contributed by atoms with Crippen LogP contribution in [0.5, 0.6) is 0 Å². The lowest BCUT2D eigenvalue weighted by molar-refractivity contribution is -0.115. The molecule has 1 aromatic heterocycles. The van der Waals surface area contributed by atoms with Crippen LogP contribution in [-0.2, 0) is 11.2 Å². The van der Waals surface area contributed by atoms with Crippen LogP contribution in [-0.4, -0.2) is 10.9 Å². The average molecular weight is 171 g/mol. The fourth-order valence-corrected chi connectivity index (χ4v) is 1.06. The highest BCUT2D eigenvalue weighted by atomic mass is 35.5. The number of nitrogens with zero attached hydrogens (tertiary/aromatic N) is 1. The predicted molar refractivity (Wildman–Crippen MR) is 43.8 cm³/mol. The van der Waals surface area contributed by atoms with Crippen molar-refractivity contribution in [3.05, 3.63) is 24.0 Å². The number of pyridine rings is 1. The van der Waals surface area contributed by atoms with Gasteiger partial charge in [0.05, 0.1) is 6.42 Å². The lowest BCUT2D eigenvalue weighted by atomic mass is 10.2. The maximum absolute atomic E-state index is 10.8. The minimum absolute atomic E-state index is 0. The van der Waals surface area contributed by atoms with E-state index >= 15 is 0 Å². The van der Waals surface area contributed by atoms with Gasteiger partial charge >= 0.3 is 0 Å². The van der Waals surface area contributed by atoms with Crippen molar-refractivity contribution in [3.63, 3.8) is 0 Å². The summed E-state index contributed by atoms with van der Waals surface area (Å²) in [6.07, 6.45) is 3.86. The number of carbonyl (C=O) groups excluding carboxylic acids is 1. The highest BCUT2D eigenvalue weighted by Crippen LogP contribution is 2.19. The molecule has 0 fully saturated rings. The summed E-state index contributed by atoms with van der Waals surface area (Å²) in [6.45, 7) is 0. The van der Waals surface area contributed by atoms with Crippen LogP contribution in [0.3, 0.4) is 0 Å². The molecule has 0 saturated heterocycles. The van der Waals surface area contributed by atoms with E-state index in [-0.39, 0.29) is 18.3 Å². The van der Waals surface area contributed by atoms with Crippen molar-refractivity contribution in [2.45, 2.75) is 6.42 Å². The van der Waals surface area contributed by atoms with Gasteiger partial charge in [0.2, 0.25) is 5.91 Å². The van der Waals surface area contributed by atoms with E-state index in [0.29, 0.717) is 6.42 Å². The lowest BCUT2D eigenvalue weighted by Crippen LogP contribution is -2.03. The molecule has 1 N–H and O–H groups in total. The zero-order chi connectivity index (χ0) is 6.97. The van der Waals surface area contributed by atoms with Gasteiger partial charge < -0.3 is 5.32 Å². The first-order chi connectivity index (χ1) is 4.86. The summed E-state index contributed by atoms with van der Waals surface area (Å²) < 4.78 is 0. The molecule has 1 amide bonds. The molecule has 1 aromatic rings. The molecule has 0 spiro atoms. The first-order valence-electron chi connectivity index (χ1n) is 3.09. The Bertz CT molecular complexity index is 261. The van der Waals surface area contributed by atoms with Gasteiger partial charge in [-0.25, -0.2) is 0 Å². The van der Waals surface area contributed by atoms with Crippen LogP contribution < -0.4 is 5.32 Å². The molecule has 0 atom stereocenters. The number of carbonyl (C=O) groups is 1. The zero-order valence-electron chi connectivity index (χ0n) is 5.70. The van der Waals surface area contributed by atoms with E-state index in [2.05, 4.69) is 10.3 Å². The van der Waals surface area contributed by atoms with Crippen molar-refractivity contribution in [2.75, 3.05) is 5.32 Å². The van der Waals surface area contributed by atoms with E-state index < -0.39 is 0 Å². The Hall–Kier alpha value is -1.09. The van der Waals surface area contributed by atoms with Gasteiger partial charge in [-0.15, -0.1) is 12.4 Å². The number of rotatable bonds is 0. The van der Waals surface area contributed by atoms with E-state index in [1.807, 2.05) is 0 Å². The molecule has 58 valence electrons. The molecule has 0 aromatic carbocycles. The largest absolute Gasteiger partial charge is 0.325 e. The topological polar surface area (TPSA) is 42.0 Å². The Kier molecular flexibility index (Phi) is 2.10. The molecular weight excluding hydrogens is 164 g/mol. The Morgan fingerprint density at radius 2 is 2.36 bits per heavy atom. The standard InChI is InChI=1S/C7H6N2O.ClH/c10-7-3-5-4-8-2-1-6(5)9-7;/h1-2,4H,3H2,(H,9,10);1H. The number of anilines is 1. The second kappa shape index (κ2) is 2.88. The maximum atomic E-state index is 10.8. The highest BCUT2D eigenvalue weighted by molar-refractivity contribution is 5.98. The normalized spacial score (nSPS) is 13.3. The summed E-state index contributed by atoms with van der Waals surface area (Å²) in [5.41, 5.74) is 1.90. The fraction of sp³-hybridized carbons (Fsp3) is 0.143. The number of hydrogen-bond donors (Lipinski definition) is 1. The van der Waals surface area contributed by atoms with E-state index in [4.69, 9.17) is 0 Å². The van der Waals surface area contributed by atoms with Crippen LogP contribution in [0.25, 0.3) is 0 Å². The van der Waals surface area contributed by atoms with Crippen molar-refractivity contribution in [1.29, 1.82) is 0 Å². The molecule has 2 rings (SSSR count). The Morgan fingerprint density at radius 3 is 3.09 bits per heavy atom. The van der Waals surface area contributed by atoms with Crippen LogP contribution in [0.15, 0.2) is 18.5 Å². The molecule has 0 bridgehead atoms. The maximum Gasteiger partial charge on any atom is 0.228 e. The molecule has 0 aliphatic carbocycles. The van der Waals surface area contributed by atoms with Crippen molar-refractivity contribution in [2.24, 2.45) is 0 Å². The summed E-state index contributed by atoms with van der Waals surface area (Å²) in [4.78, 5) is 14.7. The molecule has 11 heavy (non-hydrogen) atoms. The molecular formula is C7H7ClN2O. The van der Waals surface area contributed by atoms with Gasteiger partial charge in [0.25, 0.3) is 0 Å². The van der Waals surface area contributed by atoms with Crippen LogP contribution in [0, 0.1) is 0 Å². The van der Waals surface area contributed by atoms with Crippen molar-refractivity contribution in [3.8, 4) is 0 Å². The lowest BCUT2D eigenvalue weighted by Gasteiger charge is -1.92. The number of nitrogens with one attached hydrogen (secondary N) is 1. The zero-order valence-corrected chi connectivity index (χ0v) is 6.52. The monoisotopic (exact) mass is 170 g/mol. The Morgan fingerprint density at radius 1 is 1.55 bits per heavy atom. The molecule has 1 aliphatic heterocycles. The van der Waals surface area contributed by atoms with Crippen molar-refractivity contribution < 1.29 is 4.79 Å². The molecule has 0 unspecified atom stereocenters.